The van der Waals surface area contributed by atoms with Gasteiger partial charge in [-0.15, -0.1) is 0 Å². The Morgan fingerprint density at radius 2 is 1.93 bits per heavy atom. The number of benzene rings is 1. The molecule has 3 aromatic rings. The highest BCUT2D eigenvalue weighted by molar-refractivity contribution is 5.85. The third-order valence-electron chi connectivity index (χ3n) is 4.48. The highest BCUT2D eigenvalue weighted by Gasteiger charge is 2.44. The van der Waals surface area contributed by atoms with Crippen LogP contribution < -0.4 is 11.1 Å². The Balaban J connectivity index is 1.77. The number of imidazole rings is 1. The van der Waals surface area contributed by atoms with Crippen LogP contribution in [0.5, 0.6) is 0 Å². The molecule has 0 aliphatic carbocycles. The molecule has 10 nitrogen and oxygen atoms in total. The molecule has 1 aliphatic heterocycles. The molecule has 0 spiro atoms. The Morgan fingerprint density at radius 1 is 1.15 bits per heavy atom. The van der Waals surface area contributed by atoms with Crippen LogP contribution in [0.1, 0.15) is 12.1 Å². The zero-order chi connectivity index (χ0) is 19.0. The van der Waals surface area contributed by atoms with E-state index in [0.29, 0.717) is 22.8 Å². The number of fused-ring (bicyclic) bond motifs is 1. The van der Waals surface area contributed by atoms with Crippen LogP contribution in [-0.2, 0) is 11.3 Å². The standard InChI is InChI=1S/C17H20N6O4/c18-6-11-21-15(20-9-4-2-1-3-5-9)12-16(22-11)23(8-19-12)17-14(26)13(25)10(7-24)27-17/h1-5,8,10,13-14,17,24-26H,6-7,18H2,(H,20,21,22)/t10-,13-,14-,17-/m1/s1. The number of rotatable bonds is 5. The Kier molecular flexibility index (Phi) is 4.72. The number of hydrogen-bond donors (Lipinski definition) is 5. The number of aliphatic hydroxyl groups is 3. The summed E-state index contributed by atoms with van der Waals surface area (Å²) in [5.74, 6) is 0.853. The van der Waals surface area contributed by atoms with E-state index in [-0.39, 0.29) is 6.54 Å². The number of nitrogens with one attached hydrogen (secondary N) is 1. The molecule has 1 saturated heterocycles. The van der Waals surface area contributed by atoms with Crippen molar-refractivity contribution >= 4 is 22.7 Å². The maximum Gasteiger partial charge on any atom is 0.168 e. The summed E-state index contributed by atoms with van der Waals surface area (Å²) >= 11 is 0. The second kappa shape index (κ2) is 7.18. The average Bonchev–Trinajstić information content (AvgIpc) is 3.24. The summed E-state index contributed by atoms with van der Waals surface area (Å²) in [4.78, 5) is 13.1. The molecule has 0 bridgehead atoms. The van der Waals surface area contributed by atoms with Crippen molar-refractivity contribution in [2.75, 3.05) is 11.9 Å². The van der Waals surface area contributed by atoms with E-state index in [2.05, 4.69) is 20.3 Å². The summed E-state index contributed by atoms with van der Waals surface area (Å²) < 4.78 is 7.09. The molecule has 3 heterocycles. The van der Waals surface area contributed by atoms with E-state index in [0.717, 1.165) is 5.69 Å². The fourth-order valence-corrected chi connectivity index (χ4v) is 3.09. The van der Waals surface area contributed by atoms with E-state index >= 15 is 0 Å². The average molecular weight is 372 g/mol. The molecule has 6 N–H and O–H groups in total. The molecule has 0 saturated carbocycles. The largest absolute Gasteiger partial charge is 0.394 e. The first-order chi connectivity index (χ1) is 13.1. The first kappa shape index (κ1) is 17.8. The van der Waals surface area contributed by atoms with Crippen molar-refractivity contribution in [2.24, 2.45) is 5.73 Å². The number of nitrogens with two attached hydrogens (primary N) is 1. The topological polar surface area (TPSA) is 152 Å². The molecule has 1 aromatic carbocycles. The molecule has 27 heavy (non-hydrogen) atoms. The van der Waals surface area contributed by atoms with E-state index in [1.807, 2.05) is 30.3 Å². The molecule has 4 rings (SSSR count). The summed E-state index contributed by atoms with van der Waals surface area (Å²) in [5, 5.41) is 32.8. The highest BCUT2D eigenvalue weighted by atomic mass is 16.6. The number of aliphatic hydroxyl groups excluding tert-OH is 3. The lowest BCUT2D eigenvalue weighted by molar-refractivity contribution is -0.0511. The smallest absolute Gasteiger partial charge is 0.168 e. The lowest BCUT2D eigenvalue weighted by atomic mass is 10.1. The van der Waals surface area contributed by atoms with Gasteiger partial charge in [0.2, 0.25) is 0 Å². The lowest BCUT2D eigenvalue weighted by Crippen LogP contribution is -2.33. The second-order valence-corrected chi connectivity index (χ2v) is 6.24. The van der Waals surface area contributed by atoms with Gasteiger partial charge >= 0.3 is 0 Å². The van der Waals surface area contributed by atoms with Gasteiger partial charge in [0.1, 0.15) is 24.1 Å². The summed E-state index contributed by atoms with van der Waals surface area (Å²) in [6.45, 7) is -0.300. The van der Waals surface area contributed by atoms with Gasteiger partial charge in [-0.1, -0.05) is 18.2 Å². The Morgan fingerprint density at radius 3 is 2.59 bits per heavy atom. The number of ether oxygens (including phenoxy) is 1. The molecule has 0 radical (unpaired) electrons. The monoisotopic (exact) mass is 372 g/mol. The van der Waals surface area contributed by atoms with E-state index < -0.39 is 31.1 Å². The summed E-state index contributed by atoms with van der Waals surface area (Å²) in [6.07, 6.45) is -2.82. The SMILES string of the molecule is NCc1nc(Nc2ccccc2)c2ncn([C@@H]3O[C@H](CO)[C@@H](O)[C@H]3O)c2n1. The van der Waals surface area contributed by atoms with E-state index in [4.69, 9.17) is 10.5 Å². The molecular weight excluding hydrogens is 352 g/mol. The number of aromatic nitrogens is 4. The molecule has 1 fully saturated rings. The quantitative estimate of drug-likeness (QED) is 0.404. The van der Waals surface area contributed by atoms with Crippen molar-refractivity contribution in [1.82, 2.24) is 19.5 Å². The van der Waals surface area contributed by atoms with Crippen molar-refractivity contribution in [3.63, 3.8) is 0 Å². The van der Waals surface area contributed by atoms with E-state index in [1.165, 1.54) is 10.9 Å². The summed E-state index contributed by atoms with van der Waals surface area (Å²) in [6, 6.07) is 9.46. The summed E-state index contributed by atoms with van der Waals surface area (Å²) in [5.41, 5.74) is 7.42. The lowest BCUT2D eigenvalue weighted by Gasteiger charge is -2.17. The van der Waals surface area contributed by atoms with Crippen LogP contribution in [0.4, 0.5) is 11.5 Å². The molecule has 142 valence electrons. The van der Waals surface area contributed by atoms with Gasteiger partial charge in [0, 0.05) is 5.69 Å². The van der Waals surface area contributed by atoms with E-state index in [1.54, 1.807) is 0 Å². The van der Waals surface area contributed by atoms with Crippen molar-refractivity contribution in [1.29, 1.82) is 0 Å². The van der Waals surface area contributed by atoms with Gasteiger partial charge in [0.15, 0.2) is 23.2 Å². The Hall–Kier alpha value is -2.63. The predicted octanol–water partition coefficient (Wildman–Crippen LogP) is -0.360. The van der Waals surface area contributed by atoms with Gasteiger partial charge in [-0.25, -0.2) is 15.0 Å². The van der Waals surface area contributed by atoms with Crippen LogP contribution in [0, 0.1) is 0 Å². The van der Waals surface area contributed by atoms with Crippen LogP contribution in [0.25, 0.3) is 11.2 Å². The Labute approximate surface area is 154 Å². The summed E-state index contributed by atoms with van der Waals surface area (Å²) in [7, 11) is 0. The number of nitrogens with zero attached hydrogens (tertiary/aromatic N) is 4. The zero-order valence-corrected chi connectivity index (χ0v) is 14.3. The van der Waals surface area contributed by atoms with Crippen LogP contribution in [0.2, 0.25) is 0 Å². The number of hydrogen-bond acceptors (Lipinski definition) is 9. The molecule has 4 atom stereocenters. The van der Waals surface area contributed by atoms with E-state index in [9.17, 15) is 15.3 Å². The minimum absolute atomic E-state index is 0.112. The minimum Gasteiger partial charge on any atom is -0.394 e. The normalized spacial score (nSPS) is 25.2. The van der Waals surface area contributed by atoms with Gasteiger partial charge in [0.25, 0.3) is 0 Å². The van der Waals surface area contributed by atoms with Gasteiger partial charge in [-0.3, -0.25) is 4.57 Å². The molecule has 10 heteroatoms. The van der Waals surface area contributed by atoms with Crippen molar-refractivity contribution in [3.8, 4) is 0 Å². The van der Waals surface area contributed by atoms with Crippen molar-refractivity contribution in [2.45, 2.75) is 31.1 Å². The highest BCUT2D eigenvalue weighted by Crippen LogP contribution is 2.32. The van der Waals surface area contributed by atoms with Crippen LogP contribution in [0.3, 0.4) is 0 Å². The van der Waals surface area contributed by atoms with Gasteiger partial charge in [-0.2, -0.15) is 0 Å². The third kappa shape index (κ3) is 3.13. The minimum atomic E-state index is -1.23. The van der Waals surface area contributed by atoms with Crippen molar-refractivity contribution in [3.05, 3.63) is 42.5 Å². The molecule has 1 aliphatic rings. The van der Waals surface area contributed by atoms with Gasteiger partial charge in [-0.05, 0) is 12.1 Å². The first-order valence-corrected chi connectivity index (χ1v) is 8.50. The van der Waals surface area contributed by atoms with Crippen LogP contribution in [0.15, 0.2) is 36.7 Å². The maximum absolute atomic E-state index is 10.3. The Bertz CT molecular complexity index is 934. The molecule has 0 unspecified atom stereocenters. The van der Waals surface area contributed by atoms with Gasteiger partial charge in [0.05, 0.1) is 19.5 Å². The van der Waals surface area contributed by atoms with Crippen LogP contribution >= 0.6 is 0 Å². The third-order valence-corrected chi connectivity index (χ3v) is 4.48. The second-order valence-electron chi connectivity index (χ2n) is 6.24. The first-order valence-electron chi connectivity index (χ1n) is 8.50. The predicted molar refractivity (Wildman–Crippen MR) is 95.9 cm³/mol. The van der Waals surface area contributed by atoms with Crippen LogP contribution in [-0.4, -0.2) is 59.8 Å². The van der Waals surface area contributed by atoms with Crippen molar-refractivity contribution < 1.29 is 20.1 Å². The molecule has 0 amide bonds. The molecule has 2 aromatic heterocycles. The van der Waals surface area contributed by atoms with Gasteiger partial charge < -0.3 is 31.1 Å². The maximum atomic E-state index is 10.3. The fraction of sp³-hybridized carbons (Fsp3) is 0.353. The number of anilines is 2. The molecular formula is C17H20N6O4. The zero-order valence-electron chi connectivity index (χ0n) is 14.3. The number of para-hydroxylation sites is 1. The fourth-order valence-electron chi connectivity index (χ4n) is 3.09.